The van der Waals surface area contributed by atoms with Crippen LogP contribution < -0.4 is 5.32 Å². The number of hydrogen-bond donors (Lipinski definition) is 1. The van der Waals surface area contributed by atoms with Gasteiger partial charge in [-0.05, 0) is 30.9 Å². The van der Waals surface area contributed by atoms with E-state index < -0.39 is 0 Å². The molecule has 0 aromatic heterocycles. The molecule has 2 heteroatoms. The predicted molar refractivity (Wildman–Crippen MR) is 53.2 cm³/mol. The van der Waals surface area contributed by atoms with Gasteiger partial charge in [0.15, 0.2) is 0 Å². The van der Waals surface area contributed by atoms with Gasteiger partial charge >= 0.3 is 0 Å². The van der Waals surface area contributed by atoms with Gasteiger partial charge in [0.05, 0.1) is 0 Å². The van der Waals surface area contributed by atoms with Crippen LogP contribution in [0.15, 0.2) is 11.6 Å². The maximum absolute atomic E-state index is 3.32. The van der Waals surface area contributed by atoms with Gasteiger partial charge in [0.1, 0.15) is 0 Å². The molecule has 0 aromatic rings. The molecule has 64 valence electrons. The van der Waals surface area contributed by atoms with Crippen LogP contribution in [0.3, 0.4) is 0 Å². The van der Waals surface area contributed by atoms with Crippen LogP contribution >= 0.6 is 11.8 Å². The van der Waals surface area contributed by atoms with Crippen LogP contribution in [0.2, 0.25) is 0 Å². The zero-order valence-electron chi connectivity index (χ0n) is 7.23. The molecular weight excluding hydrogens is 154 g/mol. The van der Waals surface area contributed by atoms with Crippen LogP contribution in [0, 0.1) is 0 Å². The summed E-state index contributed by atoms with van der Waals surface area (Å²) in [6.45, 7) is 4.50. The summed E-state index contributed by atoms with van der Waals surface area (Å²) in [5.74, 6) is 2.56. The molecule has 0 aromatic carbocycles. The SMILES string of the molecule is CCSCCC1=CCNCC1. The minimum atomic E-state index is 1.09. The highest BCUT2D eigenvalue weighted by Gasteiger charge is 2.01. The van der Waals surface area contributed by atoms with E-state index >= 15 is 0 Å². The summed E-state index contributed by atoms with van der Waals surface area (Å²) in [4.78, 5) is 0. The van der Waals surface area contributed by atoms with E-state index in [1.807, 2.05) is 11.8 Å². The Kier molecular flexibility index (Phi) is 4.71. The van der Waals surface area contributed by atoms with E-state index in [9.17, 15) is 0 Å². The molecule has 0 spiro atoms. The first-order valence-electron chi connectivity index (χ1n) is 4.40. The van der Waals surface area contributed by atoms with Gasteiger partial charge in [-0.3, -0.25) is 0 Å². The zero-order chi connectivity index (χ0) is 7.94. The van der Waals surface area contributed by atoms with Gasteiger partial charge < -0.3 is 5.32 Å². The average molecular weight is 171 g/mol. The fourth-order valence-electron chi connectivity index (χ4n) is 1.24. The van der Waals surface area contributed by atoms with Crippen LogP contribution in [-0.2, 0) is 0 Å². The van der Waals surface area contributed by atoms with Crippen molar-refractivity contribution in [3.63, 3.8) is 0 Å². The van der Waals surface area contributed by atoms with Crippen molar-refractivity contribution in [1.29, 1.82) is 0 Å². The maximum atomic E-state index is 3.32. The van der Waals surface area contributed by atoms with Crippen LogP contribution in [0.4, 0.5) is 0 Å². The summed E-state index contributed by atoms with van der Waals surface area (Å²) in [7, 11) is 0. The Morgan fingerprint density at radius 1 is 1.64 bits per heavy atom. The summed E-state index contributed by atoms with van der Waals surface area (Å²) in [6, 6.07) is 0. The lowest BCUT2D eigenvalue weighted by Crippen LogP contribution is -2.20. The van der Waals surface area contributed by atoms with Crippen molar-refractivity contribution in [2.24, 2.45) is 0 Å². The standard InChI is InChI=1S/C9H17NS/c1-2-11-8-5-9-3-6-10-7-4-9/h3,10H,2,4-8H2,1H3. The normalized spacial score (nSPS) is 18.1. The number of rotatable bonds is 4. The minimum Gasteiger partial charge on any atom is -0.313 e. The predicted octanol–water partition coefficient (Wildman–Crippen LogP) is 2.05. The lowest BCUT2D eigenvalue weighted by atomic mass is 10.1. The molecule has 0 saturated heterocycles. The molecule has 1 heterocycles. The van der Waals surface area contributed by atoms with Crippen molar-refractivity contribution in [1.82, 2.24) is 5.32 Å². The van der Waals surface area contributed by atoms with Crippen LogP contribution in [-0.4, -0.2) is 24.6 Å². The Bertz CT molecular complexity index is 132. The average Bonchev–Trinajstić information content (AvgIpc) is 2.07. The Morgan fingerprint density at radius 3 is 3.18 bits per heavy atom. The summed E-state index contributed by atoms with van der Waals surface area (Å²) in [6.07, 6.45) is 4.92. The molecule has 11 heavy (non-hydrogen) atoms. The second-order valence-electron chi connectivity index (χ2n) is 2.76. The van der Waals surface area contributed by atoms with E-state index in [0.29, 0.717) is 0 Å². The van der Waals surface area contributed by atoms with E-state index in [4.69, 9.17) is 0 Å². The molecular formula is C9H17NS. The molecule has 0 bridgehead atoms. The number of thioether (sulfide) groups is 1. The quantitative estimate of drug-likeness (QED) is 0.513. The van der Waals surface area contributed by atoms with Crippen molar-refractivity contribution < 1.29 is 0 Å². The van der Waals surface area contributed by atoms with Crippen LogP contribution in [0.25, 0.3) is 0 Å². The second-order valence-corrected chi connectivity index (χ2v) is 4.16. The molecule has 0 fully saturated rings. The van der Waals surface area contributed by atoms with Gasteiger partial charge in [-0.15, -0.1) is 0 Å². The minimum absolute atomic E-state index is 1.09. The van der Waals surface area contributed by atoms with Gasteiger partial charge in [-0.1, -0.05) is 18.6 Å². The maximum Gasteiger partial charge on any atom is 0.0137 e. The molecule has 0 unspecified atom stereocenters. The summed E-state index contributed by atoms with van der Waals surface area (Å²) < 4.78 is 0. The smallest absolute Gasteiger partial charge is 0.0137 e. The first-order chi connectivity index (χ1) is 5.43. The molecule has 0 atom stereocenters. The van der Waals surface area contributed by atoms with Gasteiger partial charge in [0.2, 0.25) is 0 Å². The Morgan fingerprint density at radius 2 is 2.55 bits per heavy atom. The van der Waals surface area contributed by atoms with Gasteiger partial charge in [0, 0.05) is 6.54 Å². The summed E-state index contributed by atoms with van der Waals surface area (Å²) >= 11 is 2.04. The lowest BCUT2D eigenvalue weighted by Gasteiger charge is -2.13. The molecule has 1 aliphatic heterocycles. The largest absolute Gasteiger partial charge is 0.313 e. The third-order valence-electron chi connectivity index (χ3n) is 1.93. The van der Waals surface area contributed by atoms with Gasteiger partial charge in [-0.25, -0.2) is 0 Å². The fraction of sp³-hybridized carbons (Fsp3) is 0.778. The van der Waals surface area contributed by atoms with Crippen LogP contribution in [0.1, 0.15) is 19.8 Å². The topological polar surface area (TPSA) is 12.0 Å². The molecule has 1 nitrogen and oxygen atoms in total. The number of hydrogen-bond acceptors (Lipinski definition) is 2. The highest BCUT2D eigenvalue weighted by atomic mass is 32.2. The van der Waals surface area contributed by atoms with Crippen molar-refractivity contribution in [3.8, 4) is 0 Å². The highest BCUT2D eigenvalue weighted by molar-refractivity contribution is 7.99. The van der Waals surface area contributed by atoms with Crippen LogP contribution in [0.5, 0.6) is 0 Å². The van der Waals surface area contributed by atoms with Crippen molar-refractivity contribution in [2.45, 2.75) is 19.8 Å². The monoisotopic (exact) mass is 171 g/mol. The Balaban J connectivity index is 2.09. The first kappa shape index (κ1) is 9.14. The Hall–Kier alpha value is 0.0500. The van der Waals surface area contributed by atoms with E-state index in [1.54, 1.807) is 5.57 Å². The van der Waals surface area contributed by atoms with Crippen molar-refractivity contribution in [2.75, 3.05) is 24.6 Å². The van der Waals surface area contributed by atoms with Gasteiger partial charge in [0.25, 0.3) is 0 Å². The molecule has 1 N–H and O–H groups in total. The third-order valence-corrected chi connectivity index (χ3v) is 2.83. The molecule has 0 saturated carbocycles. The molecule has 0 radical (unpaired) electrons. The second kappa shape index (κ2) is 5.67. The van der Waals surface area contributed by atoms with Crippen molar-refractivity contribution >= 4 is 11.8 Å². The van der Waals surface area contributed by atoms with Gasteiger partial charge in [-0.2, -0.15) is 11.8 Å². The fourth-order valence-corrected chi connectivity index (χ4v) is 1.94. The Labute approximate surface area is 73.6 Å². The van der Waals surface area contributed by atoms with E-state index in [1.165, 1.54) is 30.9 Å². The zero-order valence-corrected chi connectivity index (χ0v) is 8.04. The summed E-state index contributed by atoms with van der Waals surface area (Å²) in [5, 5.41) is 3.32. The summed E-state index contributed by atoms with van der Waals surface area (Å²) in [5.41, 5.74) is 1.66. The highest BCUT2D eigenvalue weighted by Crippen LogP contribution is 2.13. The molecule has 1 aliphatic rings. The first-order valence-corrected chi connectivity index (χ1v) is 5.55. The van der Waals surface area contributed by atoms with E-state index in [2.05, 4.69) is 18.3 Å². The third kappa shape index (κ3) is 3.82. The molecule has 0 amide bonds. The molecule has 0 aliphatic carbocycles. The number of nitrogens with one attached hydrogen (secondary N) is 1. The lowest BCUT2D eigenvalue weighted by molar-refractivity contribution is 0.689. The molecule has 1 rings (SSSR count). The van der Waals surface area contributed by atoms with E-state index in [-0.39, 0.29) is 0 Å². The van der Waals surface area contributed by atoms with E-state index in [0.717, 1.165) is 6.54 Å². The van der Waals surface area contributed by atoms with Crippen molar-refractivity contribution in [3.05, 3.63) is 11.6 Å².